The average Bonchev–Trinajstić information content (AvgIpc) is 2.74. The lowest BCUT2D eigenvalue weighted by atomic mass is 9.92. The van der Waals surface area contributed by atoms with E-state index in [0.29, 0.717) is 32.1 Å². The Kier molecular flexibility index (Phi) is 5.34. The Morgan fingerprint density at radius 1 is 1.16 bits per heavy atom. The SMILES string of the molecule is CC1CCCc2ccccc2C1NC(=O)N1CCN(S(C)(=O)=O)CC1. The van der Waals surface area contributed by atoms with E-state index in [1.165, 1.54) is 21.7 Å². The molecule has 0 radical (unpaired) electrons. The van der Waals surface area contributed by atoms with Crippen LogP contribution in [0.5, 0.6) is 0 Å². The maximum absolute atomic E-state index is 12.7. The summed E-state index contributed by atoms with van der Waals surface area (Å²) in [6, 6.07) is 8.26. The number of aryl methyl sites for hydroxylation is 1. The number of carbonyl (C=O) groups is 1. The number of amides is 2. The number of nitrogens with zero attached hydrogens (tertiary/aromatic N) is 2. The van der Waals surface area contributed by atoms with E-state index in [2.05, 4.69) is 30.4 Å². The first kappa shape index (κ1) is 18.2. The number of carbonyl (C=O) groups excluding carboxylic acids is 1. The third-order valence-corrected chi connectivity index (χ3v) is 6.64. The van der Waals surface area contributed by atoms with Gasteiger partial charge >= 0.3 is 6.03 Å². The minimum absolute atomic E-state index is 0.0131. The van der Waals surface area contributed by atoms with Gasteiger partial charge in [-0.05, 0) is 36.3 Å². The standard InChI is InChI=1S/C18H27N3O3S/c1-14-6-5-8-15-7-3-4-9-16(15)17(14)19-18(22)20-10-12-21(13-11-20)25(2,23)24/h3-4,7,9,14,17H,5-6,8,10-13H2,1-2H3,(H,19,22). The van der Waals surface area contributed by atoms with Gasteiger partial charge in [0.2, 0.25) is 10.0 Å². The number of fused-ring (bicyclic) bond motifs is 1. The summed E-state index contributed by atoms with van der Waals surface area (Å²) >= 11 is 0. The van der Waals surface area contributed by atoms with Crippen molar-refractivity contribution in [1.82, 2.24) is 14.5 Å². The van der Waals surface area contributed by atoms with Crippen molar-refractivity contribution >= 4 is 16.1 Å². The van der Waals surface area contributed by atoms with Crippen LogP contribution in [0.2, 0.25) is 0 Å². The molecule has 6 nitrogen and oxygen atoms in total. The molecule has 3 rings (SSSR count). The molecule has 2 unspecified atom stereocenters. The van der Waals surface area contributed by atoms with E-state index in [-0.39, 0.29) is 12.1 Å². The van der Waals surface area contributed by atoms with Crippen LogP contribution in [0.3, 0.4) is 0 Å². The van der Waals surface area contributed by atoms with Gasteiger partial charge in [0, 0.05) is 26.2 Å². The molecule has 2 atom stereocenters. The van der Waals surface area contributed by atoms with E-state index in [1.807, 2.05) is 6.07 Å². The Labute approximate surface area is 150 Å². The first-order valence-electron chi connectivity index (χ1n) is 8.94. The Morgan fingerprint density at radius 2 is 1.84 bits per heavy atom. The Morgan fingerprint density at radius 3 is 2.52 bits per heavy atom. The molecule has 138 valence electrons. The number of sulfonamides is 1. The highest BCUT2D eigenvalue weighted by atomic mass is 32.2. The highest BCUT2D eigenvalue weighted by molar-refractivity contribution is 7.88. The minimum atomic E-state index is -3.18. The summed E-state index contributed by atoms with van der Waals surface area (Å²) in [4.78, 5) is 14.5. The molecule has 25 heavy (non-hydrogen) atoms. The molecule has 1 aromatic rings. The van der Waals surface area contributed by atoms with Gasteiger partial charge in [-0.3, -0.25) is 0 Å². The van der Waals surface area contributed by atoms with Crippen molar-refractivity contribution in [3.8, 4) is 0 Å². The van der Waals surface area contributed by atoms with Crippen LogP contribution in [0.1, 0.15) is 36.9 Å². The number of benzene rings is 1. The Bertz CT molecular complexity index is 727. The summed E-state index contributed by atoms with van der Waals surface area (Å²) in [6.45, 7) is 3.78. The molecule has 1 fully saturated rings. The van der Waals surface area contributed by atoms with Crippen LogP contribution in [-0.4, -0.2) is 56.1 Å². The Hall–Kier alpha value is -1.60. The van der Waals surface area contributed by atoms with E-state index in [9.17, 15) is 13.2 Å². The van der Waals surface area contributed by atoms with E-state index >= 15 is 0 Å². The van der Waals surface area contributed by atoms with Crippen LogP contribution in [0.25, 0.3) is 0 Å². The third kappa shape index (κ3) is 4.15. The van der Waals surface area contributed by atoms with Crippen molar-refractivity contribution in [2.24, 2.45) is 5.92 Å². The van der Waals surface area contributed by atoms with Crippen LogP contribution in [0.15, 0.2) is 24.3 Å². The lowest BCUT2D eigenvalue weighted by Gasteiger charge is -2.35. The van der Waals surface area contributed by atoms with Crippen molar-refractivity contribution in [2.75, 3.05) is 32.4 Å². The van der Waals surface area contributed by atoms with Crippen LogP contribution >= 0.6 is 0 Å². The fourth-order valence-electron chi connectivity index (χ4n) is 3.82. The first-order valence-corrected chi connectivity index (χ1v) is 10.8. The van der Waals surface area contributed by atoms with Gasteiger partial charge in [-0.15, -0.1) is 0 Å². The first-order chi connectivity index (χ1) is 11.9. The van der Waals surface area contributed by atoms with E-state index in [1.54, 1.807) is 4.90 Å². The molecule has 1 aliphatic carbocycles. The van der Waals surface area contributed by atoms with Crippen molar-refractivity contribution in [3.05, 3.63) is 35.4 Å². The summed E-state index contributed by atoms with van der Waals surface area (Å²) in [5.41, 5.74) is 2.54. The van der Waals surface area contributed by atoms with Gasteiger partial charge in [0.05, 0.1) is 12.3 Å². The van der Waals surface area contributed by atoms with Gasteiger partial charge in [-0.2, -0.15) is 4.31 Å². The molecule has 2 amide bonds. The monoisotopic (exact) mass is 365 g/mol. The molecule has 2 aliphatic rings. The quantitative estimate of drug-likeness (QED) is 0.815. The van der Waals surface area contributed by atoms with Crippen LogP contribution < -0.4 is 5.32 Å². The number of hydrogen-bond acceptors (Lipinski definition) is 3. The summed E-state index contributed by atoms with van der Waals surface area (Å²) in [7, 11) is -3.18. The van der Waals surface area contributed by atoms with Crippen molar-refractivity contribution in [1.29, 1.82) is 0 Å². The molecule has 0 aromatic heterocycles. The summed E-state index contributed by atoms with van der Waals surface area (Å²) in [5, 5.41) is 3.21. The second kappa shape index (κ2) is 7.33. The number of urea groups is 1. The molecule has 1 aromatic carbocycles. The van der Waals surface area contributed by atoms with Crippen molar-refractivity contribution < 1.29 is 13.2 Å². The summed E-state index contributed by atoms with van der Waals surface area (Å²) in [6.07, 6.45) is 4.49. The molecule has 1 saturated heterocycles. The number of nitrogens with one attached hydrogen (secondary N) is 1. The fraction of sp³-hybridized carbons (Fsp3) is 0.611. The number of hydrogen-bond donors (Lipinski definition) is 1. The van der Waals surface area contributed by atoms with E-state index in [4.69, 9.17) is 0 Å². The molecular formula is C18H27N3O3S. The van der Waals surface area contributed by atoms with Gasteiger partial charge in [-0.1, -0.05) is 31.2 Å². The van der Waals surface area contributed by atoms with Crippen LogP contribution in [0, 0.1) is 5.92 Å². The molecule has 1 heterocycles. The number of piperazine rings is 1. The van der Waals surface area contributed by atoms with Gasteiger partial charge < -0.3 is 10.2 Å². The van der Waals surface area contributed by atoms with Crippen LogP contribution in [0.4, 0.5) is 4.79 Å². The third-order valence-electron chi connectivity index (χ3n) is 5.34. The fourth-order valence-corrected chi connectivity index (χ4v) is 4.65. The predicted octanol–water partition coefficient (Wildman–Crippen LogP) is 1.99. The van der Waals surface area contributed by atoms with Crippen LogP contribution in [-0.2, 0) is 16.4 Å². The highest BCUT2D eigenvalue weighted by Gasteiger charge is 2.30. The topological polar surface area (TPSA) is 69.7 Å². The van der Waals surface area contributed by atoms with Gasteiger partial charge in [0.1, 0.15) is 0 Å². The molecule has 1 aliphatic heterocycles. The minimum Gasteiger partial charge on any atom is -0.331 e. The largest absolute Gasteiger partial charge is 0.331 e. The van der Waals surface area contributed by atoms with Crippen molar-refractivity contribution in [2.45, 2.75) is 32.2 Å². The zero-order valence-electron chi connectivity index (χ0n) is 14.9. The molecule has 0 spiro atoms. The van der Waals surface area contributed by atoms with E-state index in [0.717, 1.165) is 19.3 Å². The number of rotatable bonds is 2. The highest BCUT2D eigenvalue weighted by Crippen LogP contribution is 2.33. The van der Waals surface area contributed by atoms with E-state index < -0.39 is 10.0 Å². The molecule has 1 N–H and O–H groups in total. The average molecular weight is 365 g/mol. The maximum atomic E-state index is 12.7. The normalized spacial score (nSPS) is 25.1. The van der Waals surface area contributed by atoms with Gasteiger partial charge in [-0.25, -0.2) is 13.2 Å². The summed E-state index contributed by atoms with van der Waals surface area (Å²) in [5.74, 6) is 0.380. The Balaban J connectivity index is 1.68. The maximum Gasteiger partial charge on any atom is 0.317 e. The zero-order valence-corrected chi connectivity index (χ0v) is 15.8. The second-order valence-electron chi connectivity index (χ2n) is 7.14. The second-order valence-corrected chi connectivity index (χ2v) is 9.13. The smallest absolute Gasteiger partial charge is 0.317 e. The summed E-state index contributed by atoms with van der Waals surface area (Å²) < 4.78 is 24.6. The predicted molar refractivity (Wildman–Crippen MR) is 97.8 cm³/mol. The van der Waals surface area contributed by atoms with Gasteiger partial charge in [0.25, 0.3) is 0 Å². The molecular weight excluding hydrogens is 338 g/mol. The zero-order chi connectivity index (χ0) is 18.0. The lowest BCUT2D eigenvalue weighted by Crippen LogP contribution is -2.53. The molecule has 0 saturated carbocycles. The van der Waals surface area contributed by atoms with Crippen molar-refractivity contribution in [3.63, 3.8) is 0 Å². The van der Waals surface area contributed by atoms with Gasteiger partial charge in [0.15, 0.2) is 0 Å². The lowest BCUT2D eigenvalue weighted by molar-refractivity contribution is 0.165. The molecule has 7 heteroatoms. The molecule has 0 bridgehead atoms.